The van der Waals surface area contributed by atoms with Crippen molar-refractivity contribution in [3.05, 3.63) is 54.2 Å². The largest absolute Gasteiger partial charge is 0.418 e. The minimum atomic E-state index is -4.54. The Hall–Kier alpha value is -2.94. The molecule has 1 saturated heterocycles. The maximum atomic E-state index is 13.8. The van der Waals surface area contributed by atoms with E-state index < -0.39 is 11.7 Å². The van der Waals surface area contributed by atoms with Gasteiger partial charge in [0.05, 0.1) is 35.0 Å². The van der Waals surface area contributed by atoms with Crippen LogP contribution in [0.5, 0.6) is 0 Å². The molecule has 0 atom stereocenters. The maximum absolute atomic E-state index is 13.8. The molecule has 0 bridgehead atoms. The summed E-state index contributed by atoms with van der Waals surface area (Å²) in [6, 6.07) is 4.86. The standard InChI is InChI=1S/C22H24F3N5O/c1-2-3-17-10-19(4-7-26-17)30-14-15(12-28-30)21-20(22(23,24)25)11-18(13-27-21)29-16-5-8-31-9-6-16/h4,7,10-14,16,29H,2-3,5-6,8-9H2,1H3. The van der Waals surface area contributed by atoms with Crippen LogP contribution in [0.15, 0.2) is 43.0 Å². The molecule has 164 valence electrons. The number of nitrogens with one attached hydrogen (secondary N) is 1. The first-order chi connectivity index (χ1) is 14.9. The Morgan fingerprint density at radius 1 is 1.16 bits per heavy atom. The number of nitrogens with zero attached hydrogens (tertiary/aromatic N) is 4. The highest BCUT2D eigenvalue weighted by Gasteiger charge is 2.35. The number of alkyl halides is 3. The molecule has 4 rings (SSSR count). The molecule has 4 heterocycles. The molecule has 1 N–H and O–H groups in total. The maximum Gasteiger partial charge on any atom is 0.418 e. The second-order valence-corrected chi connectivity index (χ2v) is 7.58. The lowest BCUT2D eigenvalue weighted by atomic mass is 10.1. The van der Waals surface area contributed by atoms with Gasteiger partial charge < -0.3 is 10.1 Å². The molecule has 9 heteroatoms. The molecular weight excluding hydrogens is 407 g/mol. The van der Waals surface area contributed by atoms with E-state index in [9.17, 15) is 13.2 Å². The number of ether oxygens (including phenoxy) is 1. The molecule has 1 aliphatic rings. The predicted molar refractivity (Wildman–Crippen MR) is 111 cm³/mol. The third kappa shape index (κ3) is 5.04. The van der Waals surface area contributed by atoms with Gasteiger partial charge in [0.1, 0.15) is 0 Å². The van der Waals surface area contributed by atoms with Crippen molar-refractivity contribution < 1.29 is 17.9 Å². The Morgan fingerprint density at radius 2 is 1.97 bits per heavy atom. The molecule has 0 aromatic carbocycles. The minimum Gasteiger partial charge on any atom is -0.381 e. The van der Waals surface area contributed by atoms with Gasteiger partial charge in [-0.05, 0) is 37.5 Å². The van der Waals surface area contributed by atoms with E-state index in [0.717, 1.165) is 43.1 Å². The van der Waals surface area contributed by atoms with Crippen molar-refractivity contribution in [1.82, 2.24) is 19.7 Å². The quantitative estimate of drug-likeness (QED) is 0.602. The summed E-state index contributed by atoms with van der Waals surface area (Å²) in [5.74, 6) is 0. The van der Waals surface area contributed by atoms with E-state index in [2.05, 4.69) is 27.3 Å². The Morgan fingerprint density at radius 3 is 2.71 bits per heavy atom. The topological polar surface area (TPSA) is 64.9 Å². The highest BCUT2D eigenvalue weighted by atomic mass is 19.4. The van der Waals surface area contributed by atoms with E-state index in [1.165, 1.54) is 12.4 Å². The summed E-state index contributed by atoms with van der Waals surface area (Å²) in [4.78, 5) is 8.46. The summed E-state index contributed by atoms with van der Waals surface area (Å²) in [5, 5.41) is 7.41. The normalized spacial score (nSPS) is 15.2. The molecule has 0 spiro atoms. The number of halogens is 3. The summed E-state index contributed by atoms with van der Waals surface area (Å²) in [7, 11) is 0. The van der Waals surface area contributed by atoms with Crippen LogP contribution >= 0.6 is 0 Å². The molecule has 0 amide bonds. The molecule has 1 aliphatic heterocycles. The third-order valence-electron chi connectivity index (χ3n) is 5.21. The Labute approximate surface area is 178 Å². The van der Waals surface area contributed by atoms with Crippen molar-refractivity contribution in [3.8, 4) is 16.9 Å². The summed E-state index contributed by atoms with van der Waals surface area (Å²) >= 11 is 0. The van der Waals surface area contributed by atoms with Crippen molar-refractivity contribution in [2.45, 2.75) is 44.8 Å². The van der Waals surface area contributed by atoms with Crippen LogP contribution in [0.2, 0.25) is 0 Å². The smallest absolute Gasteiger partial charge is 0.381 e. The van der Waals surface area contributed by atoms with Gasteiger partial charge in [-0.15, -0.1) is 0 Å². The molecule has 0 saturated carbocycles. The zero-order valence-corrected chi connectivity index (χ0v) is 17.2. The molecule has 3 aromatic heterocycles. The van der Waals surface area contributed by atoms with Crippen molar-refractivity contribution >= 4 is 5.69 Å². The zero-order valence-electron chi connectivity index (χ0n) is 17.2. The zero-order chi connectivity index (χ0) is 21.8. The number of pyridine rings is 2. The van der Waals surface area contributed by atoms with Crippen LogP contribution in [0.4, 0.5) is 18.9 Å². The van der Waals surface area contributed by atoms with Crippen molar-refractivity contribution in [2.24, 2.45) is 0 Å². The summed E-state index contributed by atoms with van der Waals surface area (Å²) in [6.07, 6.45) is 4.84. The van der Waals surface area contributed by atoms with E-state index >= 15 is 0 Å². The molecule has 0 aliphatic carbocycles. The van der Waals surface area contributed by atoms with Crippen molar-refractivity contribution in [3.63, 3.8) is 0 Å². The van der Waals surface area contributed by atoms with Gasteiger partial charge in [-0.1, -0.05) is 13.3 Å². The second-order valence-electron chi connectivity index (χ2n) is 7.58. The van der Waals surface area contributed by atoms with Crippen molar-refractivity contribution in [1.29, 1.82) is 0 Å². The fourth-order valence-electron chi connectivity index (χ4n) is 3.65. The predicted octanol–water partition coefficient (Wildman–Crippen LogP) is 4.89. The van der Waals surface area contributed by atoms with Crippen LogP contribution in [0.25, 0.3) is 16.9 Å². The molecule has 1 fully saturated rings. The lowest BCUT2D eigenvalue weighted by molar-refractivity contribution is -0.137. The highest BCUT2D eigenvalue weighted by molar-refractivity contribution is 5.66. The highest BCUT2D eigenvalue weighted by Crippen LogP contribution is 2.37. The van der Waals surface area contributed by atoms with Gasteiger partial charge in [-0.2, -0.15) is 18.3 Å². The number of hydrogen-bond acceptors (Lipinski definition) is 5. The van der Waals surface area contributed by atoms with Crippen LogP contribution in [-0.4, -0.2) is 39.0 Å². The van der Waals surface area contributed by atoms with Crippen LogP contribution in [0.3, 0.4) is 0 Å². The average Bonchev–Trinajstić information content (AvgIpc) is 3.25. The molecule has 0 radical (unpaired) electrons. The number of aryl methyl sites for hydroxylation is 1. The first kappa shape index (κ1) is 21.3. The average molecular weight is 431 g/mol. The SMILES string of the molecule is CCCc1cc(-n2cc(-c3ncc(NC4CCOCC4)cc3C(F)(F)F)cn2)ccn1. The lowest BCUT2D eigenvalue weighted by Gasteiger charge is -2.24. The van der Waals surface area contributed by atoms with Gasteiger partial charge in [0.15, 0.2) is 0 Å². The van der Waals surface area contributed by atoms with Gasteiger partial charge in [-0.25, -0.2) is 4.68 Å². The second kappa shape index (κ2) is 9.05. The minimum absolute atomic E-state index is 0.0780. The fourth-order valence-corrected chi connectivity index (χ4v) is 3.65. The number of rotatable bonds is 6. The van der Waals surface area contributed by atoms with E-state index in [1.807, 2.05) is 6.07 Å². The number of anilines is 1. The lowest BCUT2D eigenvalue weighted by Crippen LogP contribution is -2.28. The van der Waals surface area contributed by atoms with Crippen LogP contribution in [-0.2, 0) is 17.3 Å². The van der Waals surface area contributed by atoms with Gasteiger partial charge in [-0.3, -0.25) is 9.97 Å². The molecular formula is C22H24F3N5O. The summed E-state index contributed by atoms with van der Waals surface area (Å²) in [6.45, 7) is 3.26. The molecule has 6 nitrogen and oxygen atoms in total. The van der Waals surface area contributed by atoms with Gasteiger partial charge in [0, 0.05) is 42.9 Å². The van der Waals surface area contributed by atoms with E-state index in [1.54, 1.807) is 23.1 Å². The Bertz CT molecular complexity index is 1030. The number of aromatic nitrogens is 4. The summed E-state index contributed by atoms with van der Waals surface area (Å²) in [5.41, 5.74) is 1.39. The fraction of sp³-hybridized carbons (Fsp3) is 0.409. The summed E-state index contributed by atoms with van der Waals surface area (Å²) < 4.78 is 48.4. The van der Waals surface area contributed by atoms with Crippen molar-refractivity contribution in [2.75, 3.05) is 18.5 Å². The van der Waals surface area contributed by atoms with Gasteiger partial charge in [0.2, 0.25) is 0 Å². The van der Waals surface area contributed by atoms with Crippen LogP contribution in [0.1, 0.15) is 37.4 Å². The number of hydrogen-bond donors (Lipinski definition) is 1. The molecule has 0 unspecified atom stereocenters. The monoisotopic (exact) mass is 431 g/mol. The first-order valence-electron chi connectivity index (χ1n) is 10.4. The third-order valence-corrected chi connectivity index (χ3v) is 5.21. The van der Waals surface area contributed by atoms with Gasteiger partial charge in [0.25, 0.3) is 0 Å². The van der Waals surface area contributed by atoms with E-state index in [0.29, 0.717) is 24.5 Å². The molecule has 31 heavy (non-hydrogen) atoms. The van der Waals surface area contributed by atoms with E-state index in [-0.39, 0.29) is 11.7 Å². The Kier molecular flexibility index (Phi) is 6.22. The van der Waals surface area contributed by atoms with Crippen LogP contribution < -0.4 is 5.32 Å². The van der Waals surface area contributed by atoms with Crippen LogP contribution in [0, 0.1) is 0 Å². The van der Waals surface area contributed by atoms with E-state index in [4.69, 9.17) is 4.74 Å². The Balaban J connectivity index is 1.63. The first-order valence-corrected chi connectivity index (χ1v) is 10.4. The van der Waals surface area contributed by atoms with Gasteiger partial charge >= 0.3 is 6.18 Å². The molecule has 3 aromatic rings.